The van der Waals surface area contributed by atoms with Gasteiger partial charge in [-0.1, -0.05) is 50.0 Å². The number of nitrogens with one attached hydrogen (secondary N) is 1. The van der Waals surface area contributed by atoms with Crippen molar-refractivity contribution in [1.29, 1.82) is 0 Å². The van der Waals surface area contributed by atoms with Gasteiger partial charge in [0.2, 0.25) is 0 Å². The van der Waals surface area contributed by atoms with E-state index in [1.54, 1.807) is 0 Å². The topological polar surface area (TPSA) is 12.0 Å². The molecular weight excluding hydrogens is 277 g/mol. The van der Waals surface area contributed by atoms with Crippen LogP contribution < -0.4 is 5.32 Å². The zero-order valence-electron chi connectivity index (χ0n) is 12.2. The summed E-state index contributed by atoms with van der Waals surface area (Å²) >= 11 is 12.4. The van der Waals surface area contributed by atoms with Gasteiger partial charge in [-0.25, -0.2) is 0 Å². The van der Waals surface area contributed by atoms with Crippen molar-refractivity contribution in [2.45, 2.75) is 52.5 Å². The van der Waals surface area contributed by atoms with Crippen LogP contribution in [0.4, 0.5) is 0 Å². The highest BCUT2D eigenvalue weighted by molar-refractivity contribution is 6.35. The number of rotatable bonds is 8. The molecule has 0 aliphatic carbocycles. The van der Waals surface area contributed by atoms with E-state index in [4.69, 9.17) is 23.2 Å². The summed E-state index contributed by atoms with van der Waals surface area (Å²) in [4.78, 5) is 0. The van der Waals surface area contributed by atoms with Gasteiger partial charge in [0.05, 0.1) is 0 Å². The summed E-state index contributed by atoms with van der Waals surface area (Å²) < 4.78 is 0. The fourth-order valence-electron chi connectivity index (χ4n) is 2.27. The molecule has 0 aromatic heterocycles. The summed E-state index contributed by atoms with van der Waals surface area (Å²) in [5.74, 6) is 0.660. The zero-order valence-corrected chi connectivity index (χ0v) is 13.7. The lowest BCUT2D eigenvalue weighted by Crippen LogP contribution is -2.34. The molecule has 0 heterocycles. The molecular formula is C16H25Cl2N. The molecule has 0 spiro atoms. The Balaban J connectivity index is 2.47. The number of benzene rings is 1. The molecule has 1 N–H and O–H groups in total. The van der Waals surface area contributed by atoms with E-state index in [0.29, 0.717) is 12.0 Å². The first-order valence-corrected chi connectivity index (χ1v) is 7.98. The molecule has 108 valence electrons. The molecule has 1 aromatic rings. The van der Waals surface area contributed by atoms with E-state index >= 15 is 0 Å². The average molecular weight is 302 g/mol. The minimum absolute atomic E-state index is 0.584. The van der Waals surface area contributed by atoms with Gasteiger partial charge in [0.15, 0.2) is 0 Å². The van der Waals surface area contributed by atoms with Gasteiger partial charge < -0.3 is 5.32 Å². The van der Waals surface area contributed by atoms with Gasteiger partial charge in [-0.2, -0.15) is 0 Å². The molecule has 19 heavy (non-hydrogen) atoms. The number of hydrogen-bond acceptors (Lipinski definition) is 1. The van der Waals surface area contributed by atoms with Crippen LogP contribution in [-0.4, -0.2) is 12.6 Å². The largest absolute Gasteiger partial charge is 0.314 e. The highest BCUT2D eigenvalue weighted by Crippen LogP contribution is 2.26. The molecule has 1 unspecified atom stereocenters. The van der Waals surface area contributed by atoms with E-state index in [9.17, 15) is 0 Å². The van der Waals surface area contributed by atoms with E-state index in [-0.39, 0.29) is 0 Å². The third kappa shape index (κ3) is 5.72. The lowest BCUT2D eigenvalue weighted by atomic mass is 9.96. The van der Waals surface area contributed by atoms with Crippen molar-refractivity contribution in [2.75, 3.05) is 6.54 Å². The number of halogens is 2. The summed E-state index contributed by atoms with van der Waals surface area (Å²) in [6.07, 6.45) is 4.41. The SMILES string of the molecule is CCCNC(CCCc1c(Cl)cccc1Cl)C(C)C. The second-order valence-electron chi connectivity index (χ2n) is 5.40. The van der Waals surface area contributed by atoms with Crippen LogP contribution in [0.2, 0.25) is 10.0 Å². The van der Waals surface area contributed by atoms with Gasteiger partial charge >= 0.3 is 0 Å². The van der Waals surface area contributed by atoms with Crippen molar-refractivity contribution in [2.24, 2.45) is 5.92 Å². The summed E-state index contributed by atoms with van der Waals surface area (Å²) in [7, 11) is 0. The van der Waals surface area contributed by atoms with Crippen LogP contribution in [-0.2, 0) is 6.42 Å². The van der Waals surface area contributed by atoms with Crippen LogP contribution in [0.5, 0.6) is 0 Å². The fourth-order valence-corrected chi connectivity index (χ4v) is 2.86. The lowest BCUT2D eigenvalue weighted by Gasteiger charge is -2.22. The quantitative estimate of drug-likeness (QED) is 0.683. The Hall–Kier alpha value is -0.240. The zero-order chi connectivity index (χ0) is 14.3. The lowest BCUT2D eigenvalue weighted by molar-refractivity contribution is 0.370. The Labute approximate surface area is 127 Å². The van der Waals surface area contributed by atoms with Crippen LogP contribution in [0.15, 0.2) is 18.2 Å². The Morgan fingerprint density at radius 3 is 2.32 bits per heavy atom. The fraction of sp³-hybridized carbons (Fsp3) is 0.625. The Kier molecular flexibility index (Phi) is 7.82. The second kappa shape index (κ2) is 8.84. The van der Waals surface area contributed by atoms with Crippen molar-refractivity contribution in [1.82, 2.24) is 5.32 Å². The maximum Gasteiger partial charge on any atom is 0.0452 e. The average Bonchev–Trinajstić information content (AvgIpc) is 2.36. The van der Waals surface area contributed by atoms with Gasteiger partial charge in [0.1, 0.15) is 0 Å². The van der Waals surface area contributed by atoms with Gasteiger partial charge in [-0.15, -0.1) is 0 Å². The number of hydrogen-bond donors (Lipinski definition) is 1. The van der Waals surface area contributed by atoms with Crippen LogP contribution in [0.3, 0.4) is 0 Å². The van der Waals surface area contributed by atoms with Crippen molar-refractivity contribution in [3.8, 4) is 0 Å². The molecule has 0 fully saturated rings. The molecule has 1 aromatic carbocycles. The highest BCUT2D eigenvalue weighted by Gasteiger charge is 2.13. The Morgan fingerprint density at radius 2 is 1.79 bits per heavy atom. The molecule has 0 aliphatic rings. The van der Waals surface area contributed by atoms with Crippen LogP contribution in [0.25, 0.3) is 0 Å². The van der Waals surface area contributed by atoms with E-state index in [1.165, 1.54) is 12.8 Å². The molecule has 0 radical (unpaired) electrons. The van der Waals surface area contributed by atoms with E-state index in [1.807, 2.05) is 18.2 Å². The van der Waals surface area contributed by atoms with Gasteiger partial charge in [0, 0.05) is 16.1 Å². The molecule has 3 heteroatoms. The summed E-state index contributed by atoms with van der Waals surface area (Å²) in [6.45, 7) is 7.84. The molecule has 0 aliphatic heterocycles. The normalized spacial score (nSPS) is 12.9. The third-order valence-electron chi connectivity index (χ3n) is 3.46. The van der Waals surface area contributed by atoms with E-state index in [0.717, 1.165) is 35.0 Å². The van der Waals surface area contributed by atoms with Gasteiger partial charge in [-0.3, -0.25) is 0 Å². The van der Waals surface area contributed by atoms with Gasteiger partial charge in [0.25, 0.3) is 0 Å². The van der Waals surface area contributed by atoms with Crippen LogP contribution in [0, 0.1) is 5.92 Å². The molecule has 0 amide bonds. The predicted molar refractivity (Wildman–Crippen MR) is 86.3 cm³/mol. The summed E-state index contributed by atoms with van der Waals surface area (Å²) in [5.41, 5.74) is 1.09. The van der Waals surface area contributed by atoms with Crippen molar-refractivity contribution >= 4 is 23.2 Å². The minimum atomic E-state index is 0.584. The van der Waals surface area contributed by atoms with Crippen molar-refractivity contribution in [3.05, 3.63) is 33.8 Å². The molecule has 1 atom stereocenters. The van der Waals surface area contributed by atoms with Gasteiger partial charge in [-0.05, 0) is 55.8 Å². The first-order valence-electron chi connectivity index (χ1n) is 7.22. The highest BCUT2D eigenvalue weighted by atomic mass is 35.5. The molecule has 0 saturated heterocycles. The van der Waals surface area contributed by atoms with Crippen LogP contribution in [0.1, 0.15) is 45.6 Å². The van der Waals surface area contributed by atoms with E-state index < -0.39 is 0 Å². The van der Waals surface area contributed by atoms with Crippen molar-refractivity contribution in [3.63, 3.8) is 0 Å². The first-order chi connectivity index (χ1) is 9.06. The summed E-state index contributed by atoms with van der Waals surface area (Å²) in [6, 6.07) is 6.31. The molecule has 0 bridgehead atoms. The van der Waals surface area contributed by atoms with Crippen molar-refractivity contribution < 1.29 is 0 Å². The summed E-state index contributed by atoms with van der Waals surface area (Å²) in [5, 5.41) is 5.19. The maximum absolute atomic E-state index is 6.19. The third-order valence-corrected chi connectivity index (χ3v) is 4.17. The van der Waals surface area contributed by atoms with Crippen LogP contribution >= 0.6 is 23.2 Å². The smallest absolute Gasteiger partial charge is 0.0452 e. The van der Waals surface area contributed by atoms with E-state index in [2.05, 4.69) is 26.1 Å². The Bertz CT molecular complexity index is 357. The minimum Gasteiger partial charge on any atom is -0.314 e. The molecule has 1 rings (SSSR count). The molecule has 1 nitrogen and oxygen atoms in total. The first kappa shape index (κ1) is 16.8. The second-order valence-corrected chi connectivity index (χ2v) is 6.21. The molecule has 0 saturated carbocycles. The predicted octanol–water partition coefficient (Wildman–Crippen LogP) is 5.34. The maximum atomic E-state index is 6.19. The standard InChI is InChI=1S/C16H25Cl2N/c1-4-11-19-16(12(2)3)10-5-7-13-14(17)8-6-9-15(13)18/h6,8-9,12,16,19H,4-5,7,10-11H2,1-3H3. The monoisotopic (exact) mass is 301 g/mol. The Morgan fingerprint density at radius 1 is 1.16 bits per heavy atom.